The van der Waals surface area contributed by atoms with Crippen molar-refractivity contribution in [2.75, 3.05) is 13.2 Å². The first-order valence-corrected chi connectivity index (χ1v) is 13.9. The van der Waals surface area contributed by atoms with Crippen molar-refractivity contribution in [1.82, 2.24) is 24.0 Å². The molecule has 39 heavy (non-hydrogen) atoms. The molecule has 2 heterocycles. The van der Waals surface area contributed by atoms with Gasteiger partial charge in [0.1, 0.15) is 0 Å². The van der Waals surface area contributed by atoms with Crippen molar-refractivity contribution in [3.05, 3.63) is 97.4 Å². The zero-order valence-electron chi connectivity index (χ0n) is 22.2. The van der Waals surface area contributed by atoms with Crippen molar-refractivity contribution in [2.45, 2.75) is 38.1 Å². The van der Waals surface area contributed by atoms with E-state index in [9.17, 15) is 14.4 Å². The number of aromatic nitrogens is 4. The molecule has 1 unspecified atom stereocenters. The fraction of sp³-hybridized carbons (Fsp3) is 0.379. The number of halogens is 1. The maximum atomic E-state index is 12.8. The average molecular weight is 597 g/mol. The van der Waals surface area contributed by atoms with Gasteiger partial charge in [0.25, 0.3) is 5.56 Å². The third kappa shape index (κ3) is 6.39. The van der Waals surface area contributed by atoms with Gasteiger partial charge in [0, 0.05) is 20.6 Å². The van der Waals surface area contributed by atoms with E-state index < -0.39 is 11.2 Å². The van der Waals surface area contributed by atoms with Crippen molar-refractivity contribution < 1.29 is 9.90 Å². The predicted molar refractivity (Wildman–Crippen MR) is 155 cm³/mol. The van der Waals surface area contributed by atoms with Gasteiger partial charge in [-0.2, -0.15) is 0 Å². The Morgan fingerprint density at radius 3 is 2.18 bits per heavy atom. The fourth-order valence-electron chi connectivity index (χ4n) is 5.18. The summed E-state index contributed by atoms with van der Waals surface area (Å²) in [5.41, 5.74) is 1.75. The summed E-state index contributed by atoms with van der Waals surface area (Å²) < 4.78 is 4.65. The molecule has 0 bridgehead atoms. The zero-order valence-corrected chi connectivity index (χ0v) is 23.8. The van der Waals surface area contributed by atoms with Crippen LogP contribution in [-0.4, -0.2) is 42.9 Å². The maximum Gasteiger partial charge on any atom is 0.332 e. The topological polar surface area (TPSA) is 111 Å². The first-order chi connectivity index (χ1) is 18.8. The van der Waals surface area contributed by atoms with Crippen LogP contribution in [0.3, 0.4) is 0 Å². The molecular formula is C29H34BrN5O4. The summed E-state index contributed by atoms with van der Waals surface area (Å²) in [5, 5.41) is 11.9. The average Bonchev–Trinajstić information content (AvgIpc) is 3.60. The highest BCUT2D eigenvalue weighted by Gasteiger charge is 2.31. The number of imidazole rings is 1. The molecule has 1 aliphatic carbocycles. The number of amides is 1. The van der Waals surface area contributed by atoms with E-state index in [0.717, 1.165) is 41.4 Å². The zero-order chi connectivity index (χ0) is 27.9. The molecule has 0 saturated heterocycles. The van der Waals surface area contributed by atoms with Crippen molar-refractivity contribution in [3.63, 3.8) is 0 Å². The Labute approximate surface area is 235 Å². The maximum absolute atomic E-state index is 12.8. The number of aliphatic hydroxyl groups excluding tert-OH is 1. The molecule has 2 aromatic heterocycles. The molecule has 10 heteroatoms. The monoisotopic (exact) mass is 595 g/mol. The first kappa shape index (κ1) is 28.5. The Balaban J connectivity index is 0.000000519. The van der Waals surface area contributed by atoms with Crippen LogP contribution in [0, 0.1) is 5.92 Å². The van der Waals surface area contributed by atoms with E-state index >= 15 is 0 Å². The van der Waals surface area contributed by atoms with Gasteiger partial charge >= 0.3 is 5.69 Å². The smallest absolute Gasteiger partial charge is 0.332 e. The fourth-order valence-corrected chi connectivity index (χ4v) is 5.65. The first-order valence-electron chi connectivity index (χ1n) is 13.1. The van der Waals surface area contributed by atoms with E-state index in [1.807, 2.05) is 60.7 Å². The summed E-state index contributed by atoms with van der Waals surface area (Å²) in [6.07, 6.45) is 4.31. The second kappa shape index (κ2) is 13.0. The highest BCUT2D eigenvalue weighted by molar-refractivity contribution is 9.10. The number of carbonyl (C=O) groups is 1. The number of benzene rings is 2. The standard InChI is InChI=1S/C23H28BrN5O4.C6H6/c1-27-19-18(21(32)28(2)23(27)33)29(22(24)26-19)13-14-7-9-16(10-8-14)17(15-5-3-4-6-15)20(31)25-11-12-30;1-2-4-6-5-3-1/h7-10,15,17,30H,3-6,11-13H2,1-2H3,(H,25,31);1-6H. The lowest BCUT2D eigenvalue weighted by Crippen LogP contribution is -2.37. The number of nitrogens with zero attached hydrogens (tertiary/aromatic N) is 4. The van der Waals surface area contributed by atoms with Crippen molar-refractivity contribution >= 4 is 33.0 Å². The molecule has 1 fully saturated rings. The molecule has 1 atom stereocenters. The van der Waals surface area contributed by atoms with Crippen LogP contribution in [0.5, 0.6) is 0 Å². The van der Waals surface area contributed by atoms with E-state index in [2.05, 4.69) is 26.2 Å². The van der Waals surface area contributed by atoms with Crippen molar-refractivity contribution in [2.24, 2.45) is 20.0 Å². The Hall–Kier alpha value is -3.50. The molecule has 1 amide bonds. The Kier molecular flexibility index (Phi) is 9.53. The van der Waals surface area contributed by atoms with Crippen LogP contribution in [0.2, 0.25) is 0 Å². The third-order valence-corrected chi connectivity index (χ3v) is 7.82. The van der Waals surface area contributed by atoms with Gasteiger partial charge in [0.2, 0.25) is 5.91 Å². The summed E-state index contributed by atoms with van der Waals surface area (Å²) in [5.74, 6) is 0.0118. The van der Waals surface area contributed by atoms with Gasteiger partial charge in [-0.05, 0) is 45.8 Å². The molecule has 1 aliphatic rings. The number of aryl methyl sites for hydroxylation is 1. The molecule has 2 aromatic carbocycles. The van der Waals surface area contributed by atoms with Crippen LogP contribution >= 0.6 is 15.9 Å². The number of hydrogen-bond donors (Lipinski definition) is 2. The number of nitrogens with one attached hydrogen (secondary N) is 1. The van der Waals surface area contributed by atoms with E-state index in [0.29, 0.717) is 28.4 Å². The number of fused-ring (bicyclic) bond motifs is 1. The van der Waals surface area contributed by atoms with Gasteiger partial charge < -0.3 is 15.0 Å². The Morgan fingerprint density at radius 2 is 1.62 bits per heavy atom. The van der Waals surface area contributed by atoms with Gasteiger partial charge in [-0.3, -0.25) is 18.7 Å². The Bertz CT molecular complexity index is 1490. The minimum Gasteiger partial charge on any atom is -0.395 e. The molecule has 0 radical (unpaired) electrons. The summed E-state index contributed by atoms with van der Waals surface area (Å²) >= 11 is 3.43. The Morgan fingerprint density at radius 1 is 1.03 bits per heavy atom. The molecule has 4 aromatic rings. The van der Waals surface area contributed by atoms with Gasteiger partial charge in [0.05, 0.1) is 19.1 Å². The van der Waals surface area contributed by atoms with Crippen LogP contribution in [0.1, 0.15) is 42.7 Å². The molecule has 5 rings (SSSR count). The number of carbonyl (C=O) groups excluding carboxylic acids is 1. The summed E-state index contributed by atoms with van der Waals surface area (Å²) in [7, 11) is 3.04. The summed E-state index contributed by atoms with van der Waals surface area (Å²) in [6.45, 7) is 0.551. The number of aliphatic hydroxyl groups is 1. The highest BCUT2D eigenvalue weighted by Crippen LogP contribution is 2.37. The lowest BCUT2D eigenvalue weighted by molar-refractivity contribution is -0.123. The van der Waals surface area contributed by atoms with Gasteiger partial charge in [-0.15, -0.1) is 0 Å². The lowest BCUT2D eigenvalue weighted by atomic mass is 9.84. The molecule has 0 spiro atoms. The minimum atomic E-state index is -0.425. The molecule has 9 nitrogen and oxygen atoms in total. The minimum absolute atomic E-state index is 0.0449. The van der Waals surface area contributed by atoms with E-state index in [1.54, 1.807) is 11.6 Å². The van der Waals surface area contributed by atoms with Crippen LogP contribution in [0.25, 0.3) is 11.2 Å². The second-order valence-corrected chi connectivity index (χ2v) is 10.5. The lowest BCUT2D eigenvalue weighted by Gasteiger charge is -2.23. The van der Waals surface area contributed by atoms with Crippen LogP contribution in [-0.2, 0) is 25.4 Å². The van der Waals surface area contributed by atoms with Gasteiger partial charge in [0.15, 0.2) is 15.9 Å². The molecule has 0 aliphatic heterocycles. The second-order valence-electron chi connectivity index (χ2n) is 9.78. The van der Waals surface area contributed by atoms with E-state index in [-0.39, 0.29) is 25.0 Å². The normalized spacial score (nSPS) is 14.2. The highest BCUT2D eigenvalue weighted by atomic mass is 79.9. The van der Waals surface area contributed by atoms with E-state index in [1.165, 1.54) is 11.6 Å². The number of hydrogen-bond acceptors (Lipinski definition) is 5. The summed E-state index contributed by atoms with van der Waals surface area (Å²) in [6, 6.07) is 19.9. The quantitative estimate of drug-likeness (QED) is 0.318. The van der Waals surface area contributed by atoms with Gasteiger partial charge in [-0.1, -0.05) is 73.5 Å². The van der Waals surface area contributed by atoms with Crippen molar-refractivity contribution in [3.8, 4) is 0 Å². The molecule has 206 valence electrons. The molecule has 1 saturated carbocycles. The van der Waals surface area contributed by atoms with Crippen LogP contribution < -0.4 is 16.6 Å². The predicted octanol–water partition coefficient (Wildman–Crippen LogP) is 3.31. The van der Waals surface area contributed by atoms with Crippen molar-refractivity contribution in [1.29, 1.82) is 0 Å². The van der Waals surface area contributed by atoms with E-state index in [4.69, 9.17) is 5.11 Å². The third-order valence-electron chi connectivity index (χ3n) is 7.21. The van der Waals surface area contributed by atoms with Crippen LogP contribution in [0.15, 0.2) is 75.0 Å². The number of rotatable bonds is 7. The molecule has 2 N–H and O–H groups in total. The largest absolute Gasteiger partial charge is 0.395 e. The SMILES string of the molecule is Cn1c(=O)c2c(nc(Br)n2Cc2ccc(C(C(=O)NCCO)C3CCCC3)cc2)n(C)c1=O.c1ccccc1. The van der Waals surface area contributed by atoms with Gasteiger partial charge in [-0.25, -0.2) is 9.78 Å². The molecular weight excluding hydrogens is 562 g/mol. The van der Waals surface area contributed by atoms with Crippen LogP contribution in [0.4, 0.5) is 0 Å². The summed E-state index contributed by atoms with van der Waals surface area (Å²) in [4.78, 5) is 42.2.